The molecule has 2 aromatic carbocycles. The summed E-state index contributed by atoms with van der Waals surface area (Å²) in [4.78, 5) is 30.5. The first-order valence-electron chi connectivity index (χ1n) is 15.1. The number of rotatable bonds is 10. The van der Waals surface area contributed by atoms with Crippen LogP contribution < -0.4 is 10.1 Å². The molecule has 1 aliphatic heterocycles. The molecule has 0 spiro atoms. The van der Waals surface area contributed by atoms with E-state index in [-0.39, 0.29) is 11.8 Å². The lowest BCUT2D eigenvalue weighted by atomic mass is 9.81. The van der Waals surface area contributed by atoms with Crippen LogP contribution in [0.15, 0.2) is 42.0 Å². The van der Waals surface area contributed by atoms with Gasteiger partial charge in [-0.2, -0.15) is 0 Å². The molecule has 2 heterocycles. The van der Waals surface area contributed by atoms with E-state index in [4.69, 9.17) is 9.47 Å². The average Bonchev–Trinajstić information content (AvgIpc) is 3.22. The van der Waals surface area contributed by atoms with Crippen LogP contribution in [0, 0.1) is 0 Å². The molecule has 2 aliphatic rings. The van der Waals surface area contributed by atoms with Gasteiger partial charge in [0.05, 0.1) is 32.6 Å². The average molecular weight is 573 g/mol. The maximum Gasteiger partial charge on any atom is 0.251 e. The largest absolute Gasteiger partial charge is 0.497 e. The van der Waals surface area contributed by atoms with E-state index < -0.39 is 0 Å². The zero-order valence-electron chi connectivity index (χ0n) is 25.7. The molecular formula is C34H44N4O4. The highest BCUT2D eigenvalue weighted by Gasteiger charge is 2.31. The summed E-state index contributed by atoms with van der Waals surface area (Å²) in [6, 6.07) is 12.2. The molecule has 0 unspecified atom stereocenters. The minimum Gasteiger partial charge on any atom is -0.497 e. The molecule has 224 valence electrons. The Bertz CT molecular complexity index is 1480. The number of benzene rings is 2. The van der Waals surface area contributed by atoms with Gasteiger partial charge in [0.1, 0.15) is 5.75 Å². The number of nitrogens with zero attached hydrogens (tertiary/aromatic N) is 3. The van der Waals surface area contributed by atoms with Crippen molar-refractivity contribution >= 4 is 28.8 Å². The topological polar surface area (TPSA) is 76.0 Å². The van der Waals surface area contributed by atoms with Crippen LogP contribution in [-0.2, 0) is 16.1 Å². The van der Waals surface area contributed by atoms with E-state index in [1.54, 1.807) is 19.1 Å². The van der Waals surface area contributed by atoms with Crippen molar-refractivity contribution in [2.45, 2.75) is 44.6 Å². The quantitative estimate of drug-likeness (QED) is 0.340. The van der Waals surface area contributed by atoms with Crippen molar-refractivity contribution in [3.63, 3.8) is 0 Å². The maximum atomic E-state index is 13.9. The first-order chi connectivity index (χ1) is 20.3. The van der Waals surface area contributed by atoms with E-state index in [0.717, 1.165) is 47.5 Å². The molecule has 1 N–H and O–H groups in total. The second kappa shape index (κ2) is 13.1. The number of hydrogen-bond donors (Lipinski definition) is 1. The van der Waals surface area contributed by atoms with Gasteiger partial charge in [-0.05, 0) is 80.4 Å². The first-order valence-corrected chi connectivity index (χ1v) is 15.1. The van der Waals surface area contributed by atoms with Crippen LogP contribution in [-0.4, -0.2) is 87.8 Å². The van der Waals surface area contributed by atoms with Crippen LogP contribution in [0.3, 0.4) is 0 Å². The number of fused-ring (bicyclic) bond motifs is 5. The Balaban J connectivity index is 1.61. The van der Waals surface area contributed by atoms with Crippen LogP contribution in [0.1, 0.15) is 59.5 Å². The van der Waals surface area contributed by atoms with Crippen LogP contribution in [0.25, 0.3) is 28.2 Å². The third-order valence-electron chi connectivity index (χ3n) is 8.65. The summed E-state index contributed by atoms with van der Waals surface area (Å²) in [6.45, 7) is 2.86. The lowest BCUT2D eigenvalue weighted by Gasteiger charge is -2.24. The smallest absolute Gasteiger partial charge is 0.251 e. The number of methoxy groups -OCH3 is 1. The third kappa shape index (κ3) is 6.10. The fraction of sp³-hybridized carbons (Fsp3) is 0.471. The highest BCUT2D eigenvalue weighted by atomic mass is 16.5. The van der Waals surface area contributed by atoms with Crippen LogP contribution in [0.5, 0.6) is 5.75 Å². The van der Waals surface area contributed by atoms with Gasteiger partial charge in [-0.25, -0.2) is 0 Å². The molecule has 8 heteroatoms. The van der Waals surface area contributed by atoms with Gasteiger partial charge in [-0.15, -0.1) is 0 Å². The van der Waals surface area contributed by atoms with E-state index >= 15 is 0 Å². The molecule has 5 rings (SSSR count). The maximum absolute atomic E-state index is 13.9. The summed E-state index contributed by atoms with van der Waals surface area (Å²) in [5.41, 5.74) is 6.84. The Kier molecular flexibility index (Phi) is 9.34. The number of amides is 2. The zero-order chi connectivity index (χ0) is 29.8. The Morgan fingerprint density at radius 1 is 1.00 bits per heavy atom. The molecule has 1 aliphatic carbocycles. The van der Waals surface area contributed by atoms with Gasteiger partial charge < -0.3 is 29.2 Å². The Morgan fingerprint density at radius 3 is 2.48 bits per heavy atom. The first kappa shape index (κ1) is 29.9. The molecule has 2 amide bonds. The summed E-state index contributed by atoms with van der Waals surface area (Å²) < 4.78 is 13.7. The number of carbonyl (C=O) groups excluding carboxylic acids is 2. The number of nitrogens with one attached hydrogen (secondary N) is 1. The minimum absolute atomic E-state index is 0.0312. The third-order valence-corrected chi connectivity index (χ3v) is 8.65. The van der Waals surface area contributed by atoms with Gasteiger partial charge in [0.25, 0.3) is 11.8 Å². The lowest BCUT2D eigenvalue weighted by Crippen LogP contribution is -2.33. The van der Waals surface area contributed by atoms with E-state index in [0.29, 0.717) is 43.4 Å². The lowest BCUT2D eigenvalue weighted by molar-refractivity contribution is -0.126. The van der Waals surface area contributed by atoms with E-state index in [1.165, 1.54) is 30.2 Å². The van der Waals surface area contributed by atoms with Crippen LogP contribution in [0.2, 0.25) is 0 Å². The number of ether oxygens (including phenoxy) is 2. The van der Waals surface area contributed by atoms with Crippen molar-refractivity contribution in [2.24, 2.45) is 0 Å². The molecule has 0 radical (unpaired) electrons. The number of hydrogen-bond acceptors (Lipinski definition) is 5. The van der Waals surface area contributed by atoms with Crippen molar-refractivity contribution in [1.82, 2.24) is 19.7 Å². The van der Waals surface area contributed by atoms with Crippen molar-refractivity contribution in [3.8, 4) is 17.0 Å². The van der Waals surface area contributed by atoms with Gasteiger partial charge in [-0.1, -0.05) is 25.3 Å². The molecular weight excluding hydrogens is 528 g/mol. The summed E-state index contributed by atoms with van der Waals surface area (Å²) in [6.07, 6.45) is 8.01. The molecule has 1 aromatic heterocycles. The van der Waals surface area contributed by atoms with Crippen molar-refractivity contribution < 1.29 is 19.1 Å². The summed E-state index contributed by atoms with van der Waals surface area (Å²) >= 11 is 0. The molecule has 0 atom stereocenters. The minimum atomic E-state index is -0.119. The number of aromatic nitrogens is 1. The molecule has 3 aromatic rings. The Labute approximate surface area is 249 Å². The second-order valence-corrected chi connectivity index (χ2v) is 11.8. The van der Waals surface area contributed by atoms with Gasteiger partial charge >= 0.3 is 0 Å². The fourth-order valence-corrected chi connectivity index (χ4v) is 6.35. The number of carbonyl (C=O) groups is 2. The molecule has 8 nitrogen and oxygen atoms in total. The van der Waals surface area contributed by atoms with Crippen LogP contribution in [0.4, 0.5) is 0 Å². The molecule has 1 fully saturated rings. The van der Waals surface area contributed by atoms with E-state index in [9.17, 15) is 9.59 Å². The van der Waals surface area contributed by atoms with Gasteiger partial charge in [-0.3, -0.25) is 9.59 Å². The van der Waals surface area contributed by atoms with Crippen LogP contribution >= 0.6 is 0 Å². The highest BCUT2D eigenvalue weighted by molar-refractivity contribution is 6.04. The molecule has 1 saturated carbocycles. The SMILES string of the molecule is CNC(=O)c1ccc2c(C3CCCCC3)c3n(c2c1)CC(C(=O)N(C)CCOCCN(C)C)=Cc1cc(OC)ccc1-3. The van der Waals surface area contributed by atoms with Crippen molar-refractivity contribution in [2.75, 3.05) is 61.6 Å². The molecule has 0 saturated heterocycles. The van der Waals surface area contributed by atoms with Gasteiger partial charge in [0.15, 0.2) is 0 Å². The van der Waals surface area contributed by atoms with Crippen molar-refractivity contribution in [1.29, 1.82) is 0 Å². The summed E-state index contributed by atoms with van der Waals surface area (Å²) in [5.74, 6) is 1.03. The fourth-order valence-electron chi connectivity index (χ4n) is 6.35. The predicted molar refractivity (Wildman–Crippen MR) is 168 cm³/mol. The predicted octanol–water partition coefficient (Wildman–Crippen LogP) is 5.16. The molecule has 0 bridgehead atoms. The normalized spacial score (nSPS) is 15.1. The van der Waals surface area contributed by atoms with Gasteiger partial charge in [0.2, 0.25) is 0 Å². The monoisotopic (exact) mass is 572 g/mol. The Morgan fingerprint density at radius 2 is 1.76 bits per heavy atom. The Hall–Kier alpha value is -3.62. The second-order valence-electron chi connectivity index (χ2n) is 11.8. The molecule has 42 heavy (non-hydrogen) atoms. The number of likely N-dealkylation sites (N-methyl/N-ethyl adjacent to an activating group) is 2. The standard InChI is InChI=1S/C34H44N4O4/c1-35-33(39)24-11-13-29-30(21-24)38-22-26(34(40)37(4)16-18-42-17-15-36(2)3)19-25-20-27(41-5)12-14-28(25)32(38)31(29)23-9-7-6-8-10-23/h11-14,19-21,23H,6-10,15-18,22H2,1-5H3,(H,35,39). The van der Waals surface area contributed by atoms with E-state index in [1.807, 2.05) is 51.5 Å². The summed E-state index contributed by atoms with van der Waals surface area (Å²) in [5, 5.41) is 3.93. The van der Waals surface area contributed by atoms with Crippen molar-refractivity contribution in [3.05, 3.63) is 58.7 Å². The summed E-state index contributed by atoms with van der Waals surface area (Å²) in [7, 11) is 9.19. The zero-order valence-corrected chi connectivity index (χ0v) is 25.7. The van der Waals surface area contributed by atoms with Gasteiger partial charge in [0, 0.05) is 54.8 Å². The van der Waals surface area contributed by atoms with E-state index in [2.05, 4.69) is 26.9 Å². The highest BCUT2D eigenvalue weighted by Crippen LogP contribution is 2.47.